The summed E-state index contributed by atoms with van der Waals surface area (Å²) < 4.78 is 0. The van der Waals surface area contributed by atoms with Crippen LogP contribution in [0.2, 0.25) is 0 Å². The number of halogens is 2. The first-order valence-electron chi connectivity index (χ1n) is 4.58. The molecule has 2 aromatic carbocycles. The third-order valence-corrected chi connectivity index (χ3v) is 2.33. The number of hydrogen-bond donors (Lipinski definition) is 2. The average Bonchev–Trinajstić information content (AvgIpc) is 2.27. The van der Waals surface area contributed by atoms with Crippen LogP contribution in [0.15, 0.2) is 36.4 Å². The summed E-state index contributed by atoms with van der Waals surface area (Å²) in [6.45, 7) is 0. The molecule has 18 heavy (non-hydrogen) atoms. The van der Waals surface area contributed by atoms with Gasteiger partial charge in [0.2, 0.25) is 0 Å². The Kier molecular flexibility index (Phi) is 5.62. The summed E-state index contributed by atoms with van der Waals surface area (Å²) >= 11 is 0. The number of fused-ring (bicyclic) bond motifs is 1. The van der Waals surface area contributed by atoms with Crippen LogP contribution in [-0.2, 0) is 0 Å². The van der Waals surface area contributed by atoms with Crippen molar-refractivity contribution in [1.29, 1.82) is 0 Å². The molecule has 0 atom stereocenters. The Morgan fingerprint density at radius 1 is 0.722 bits per heavy atom. The Hall–Kier alpha value is -1.78. The molecule has 2 rings (SSSR count). The van der Waals surface area contributed by atoms with Crippen LogP contribution in [0.5, 0.6) is 0 Å². The highest BCUT2D eigenvalue weighted by Crippen LogP contribution is 2.18. The maximum Gasteiger partial charge on any atom is 0.335 e. The molecular formula is C12H10Cl2O4. The number of aromatic carboxylic acids is 2. The largest absolute Gasteiger partial charge is 0.478 e. The molecule has 0 amide bonds. The predicted octanol–water partition coefficient (Wildman–Crippen LogP) is 3.08. The zero-order valence-electron chi connectivity index (χ0n) is 8.99. The molecule has 4 nitrogen and oxygen atoms in total. The lowest BCUT2D eigenvalue weighted by atomic mass is 10.0. The molecule has 0 unspecified atom stereocenters. The van der Waals surface area contributed by atoms with E-state index >= 15 is 0 Å². The highest BCUT2D eigenvalue weighted by atomic mass is 35.5. The molecule has 0 bridgehead atoms. The maximum absolute atomic E-state index is 10.7. The fourth-order valence-corrected chi connectivity index (χ4v) is 1.51. The summed E-state index contributed by atoms with van der Waals surface area (Å²) in [5, 5.41) is 19.0. The van der Waals surface area contributed by atoms with E-state index in [1.165, 1.54) is 24.3 Å². The molecule has 6 heteroatoms. The van der Waals surface area contributed by atoms with Crippen LogP contribution in [-0.4, -0.2) is 22.2 Å². The van der Waals surface area contributed by atoms with Crippen LogP contribution < -0.4 is 0 Å². The summed E-state index contributed by atoms with van der Waals surface area (Å²) in [5.41, 5.74) is 0.296. The summed E-state index contributed by atoms with van der Waals surface area (Å²) in [4.78, 5) is 21.5. The van der Waals surface area contributed by atoms with E-state index in [9.17, 15) is 9.59 Å². The van der Waals surface area contributed by atoms with Crippen molar-refractivity contribution in [3.8, 4) is 0 Å². The van der Waals surface area contributed by atoms with Crippen LogP contribution in [0.4, 0.5) is 0 Å². The lowest BCUT2D eigenvalue weighted by Crippen LogP contribution is -1.97. The van der Waals surface area contributed by atoms with Gasteiger partial charge in [-0.15, -0.1) is 24.8 Å². The number of benzene rings is 2. The molecule has 0 radical (unpaired) electrons. The Morgan fingerprint density at radius 3 is 1.44 bits per heavy atom. The topological polar surface area (TPSA) is 74.6 Å². The van der Waals surface area contributed by atoms with Gasteiger partial charge in [0.1, 0.15) is 0 Å². The van der Waals surface area contributed by atoms with E-state index < -0.39 is 11.9 Å². The summed E-state index contributed by atoms with van der Waals surface area (Å²) in [7, 11) is 0. The molecule has 0 heterocycles. The second-order valence-corrected chi connectivity index (χ2v) is 3.39. The molecule has 0 saturated carbocycles. The van der Waals surface area contributed by atoms with Gasteiger partial charge < -0.3 is 10.2 Å². The molecule has 2 N–H and O–H groups in total. The van der Waals surface area contributed by atoms with E-state index in [1.807, 2.05) is 0 Å². The summed E-state index contributed by atoms with van der Waals surface area (Å²) in [6.07, 6.45) is 0. The van der Waals surface area contributed by atoms with Crippen molar-refractivity contribution >= 4 is 47.5 Å². The number of carboxylic acid groups (broad SMARTS) is 2. The van der Waals surface area contributed by atoms with E-state index in [2.05, 4.69) is 0 Å². The second-order valence-electron chi connectivity index (χ2n) is 3.39. The van der Waals surface area contributed by atoms with Crippen LogP contribution in [0.1, 0.15) is 20.7 Å². The minimum Gasteiger partial charge on any atom is -0.478 e. The Balaban J connectivity index is 0.00000144. The Morgan fingerprint density at radius 2 is 1.11 bits per heavy atom. The first kappa shape index (κ1) is 16.2. The zero-order valence-corrected chi connectivity index (χ0v) is 10.6. The van der Waals surface area contributed by atoms with Gasteiger partial charge >= 0.3 is 11.9 Å². The van der Waals surface area contributed by atoms with Crippen molar-refractivity contribution in [3.05, 3.63) is 47.5 Å². The molecule has 0 saturated heterocycles. The quantitative estimate of drug-likeness (QED) is 0.891. The standard InChI is InChI=1S/C12H8O4.2ClH/c13-11(14)8-3-1-7-2-4-9(12(15)16)6-10(7)5-8;;/h1-6H,(H,13,14)(H,15,16);2*1H. The molecule has 96 valence electrons. The molecule has 2 aromatic rings. The van der Waals surface area contributed by atoms with Gasteiger partial charge in [-0.3, -0.25) is 0 Å². The van der Waals surface area contributed by atoms with Gasteiger partial charge in [0.25, 0.3) is 0 Å². The summed E-state index contributed by atoms with van der Waals surface area (Å²) in [5.74, 6) is -2.05. The SMILES string of the molecule is Cl.Cl.O=C(O)c1ccc2ccc(C(=O)O)cc2c1. The lowest BCUT2D eigenvalue weighted by Gasteiger charge is -2.01. The molecular weight excluding hydrogens is 279 g/mol. The fraction of sp³-hybridized carbons (Fsp3) is 0. The highest BCUT2D eigenvalue weighted by Gasteiger charge is 2.06. The lowest BCUT2D eigenvalue weighted by molar-refractivity contribution is 0.0687. The van der Waals surface area contributed by atoms with Crippen LogP contribution in [0.3, 0.4) is 0 Å². The molecule has 0 fully saturated rings. The summed E-state index contributed by atoms with van der Waals surface area (Å²) in [6, 6.07) is 9.22. The van der Waals surface area contributed by atoms with E-state index in [0.717, 1.165) is 5.39 Å². The van der Waals surface area contributed by atoms with Crippen molar-refractivity contribution in [3.63, 3.8) is 0 Å². The predicted molar refractivity (Wildman–Crippen MR) is 72.4 cm³/mol. The van der Waals surface area contributed by atoms with Crippen molar-refractivity contribution in [2.24, 2.45) is 0 Å². The Labute approximate surface area is 115 Å². The van der Waals surface area contributed by atoms with Gasteiger partial charge in [-0.1, -0.05) is 12.1 Å². The minimum atomic E-state index is -1.03. The van der Waals surface area contributed by atoms with Gasteiger partial charge in [0, 0.05) is 0 Å². The van der Waals surface area contributed by atoms with Crippen LogP contribution >= 0.6 is 24.8 Å². The van der Waals surface area contributed by atoms with Crippen molar-refractivity contribution in [1.82, 2.24) is 0 Å². The smallest absolute Gasteiger partial charge is 0.335 e. The minimum absolute atomic E-state index is 0. The van der Waals surface area contributed by atoms with E-state index in [-0.39, 0.29) is 35.9 Å². The third-order valence-electron chi connectivity index (χ3n) is 2.33. The van der Waals surface area contributed by atoms with Crippen molar-refractivity contribution in [2.75, 3.05) is 0 Å². The normalized spacial score (nSPS) is 9.11. The van der Waals surface area contributed by atoms with Crippen molar-refractivity contribution in [2.45, 2.75) is 0 Å². The van der Waals surface area contributed by atoms with Gasteiger partial charge in [-0.25, -0.2) is 9.59 Å². The number of carbonyl (C=O) groups is 2. The van der Waals surface area contributed by atoms with Gasteiger partial charge in [-0.05, 0) is 35.0 Å². The number of rotatable bonds is 2. The monoisotopic (exact) mass is 288 g/mol. The van der Waals surface area contributed by atoms with Gasteiger partial charge in [0.15, 0.2) is 0 Å². The molecule has 0 aromatic heterocycles. The highest BCUT2D eigenvalue weighted by molar-refractivity contribution is 5.98. The number of hydrogen-bond acceptors (Lipinski definition) is 2. The first-order valence-corrected chi connectivity index (χ1v) is 4.58. The molecule has 0 aliphatic rings. The molecule has 0 spiro atoms. The first-order chi connectivity index (χ1) is 7.58. The number of carboxylic acids is 2. The van der Waals surface area contributed by atoms with E-state index in [0.29, 0.717) is 5.39 Å². The van der Waals surface area contributed by atoms with Crippen molar-refractivity contribution < 1.29 is 19.8 Å². The van der Waals surface area contributed by atoms with Gasteiger partial charge in [0.05, 0.1) is 11.1 Å². The Bertz CT molecular complexity index is 547. The molecule has 0 aliphatic carbocycles. The second kappa shape index (κ2) is 6.23. The van der Waals surface area contributed by atoms with E-state index in [1.54, 1.807) is 12.1 Å². The fourth-order valence-electron chi connectivity index (χ4n) is 1.51. The third kappa shape index (κ3) is 3.12. The van der Waals surface area contributed by atoms with Crippen LogP contribution in [0, 0.1) is 0 Å². The zero-order chi connectivity index (χ0) is 11.7. The van der Waals surface area contributed by atoms with Gasteiger partial charge in [-0.2, -0.15) is 0 Å². The van der Waals surface area contributed by atoms with Crippen LogP contribution in [0.25, 0.3) is 10.8 Å². The van der Waals surface area contributed by atoms with E-state index in [4.69, 9.17) is 10.2 Å². The maximum atomic E-state index is 10.7. The average molecular weight is 289 g/mol. The molecule has 0 aliphatic heterocycles.